The van der Waals surface area contributed by atoms with Gasteiger partial charge in [0, 0.05) is 18.6 Å². The van der Waals surface area contributed by atoms with E-state index in [4.69, 9.17) is 16.7 Å². The zero-order chi connectivity index (χ0) is 12.3. The zero-order valence-electron chi connectivity index (χ0n) is 9.14. The van der Waals surface area contributed by atoms with E-state index in [1.165, 1.54) is 29.6 Å². The van der Waals surface area contributed by atoms with Crippen molar-refractivity contribution in [1.29, 1.82) is 0 Å². The lowest BCUT2D eigenvalue weighted by Crippen LogP contribution is -2.26. The molecule has 90 valence electrons. The first-order valence-electron chi connectivity index (χ1n) is 4.79. The Bertz CT molecular complexity index is 473. The molecule has 1 aromatic carbocycles. The number of aliphatic hydroxyl groups excluding tert-OH is 1. The molecular weight excluding hydrogens is 250 g/mol. The first-order chi connectivity index (χ1) is 7.43. The van der Waals surface area contributed by atoms with Gasteiger partial charge in [-0.25, -0.2) is 12.7 Å². The average molecular weight is 264 g/mol. The number of aliphatic hydroxyl groups is 1. The summed E-state index contributed by atoms with van der Waals surface area (Å²) in [5.74, 6) is 0. The third-order valence-corrected chi connectivity index (χ3v) is 4.64. The maximum atomic E-state index is 11.9. The summed E-state index contributed by atoms with van der Waals surface area (Å²) < 4.78 is 25.1. The fourth-order valence-electron chi connectivity index (χ4n) is 1.18. The van der Waals surface area contributed by atoms with Crippen LogP contribution < -0.4 is 0 Å². The van der Waals surface area contributed by atoms with Crippen LogP contribution in [0.2, 0.25) is 5.02 Å². The lowest BCUT2D eigenvalue weighted by atomic mass is 10.2. The van der Waals surface area contributed by atoms with Gasteiger partial charge in [0.2, 0.25) is 10.0 Å². The molecule has 0 amide bonds. The predicted molar refractivity (Wildman–Crippen MR) is 62.9 cm³/mol. The van der Waals surface area contributed by atoms with Crippen molar-refractivity contribution >= 4 is 21.6 Å². The molecule has 1 aromatic rings. The zero-order valence-corrected chi connectivity index (χ0v) is 10.7. The highest BCUT2D eigenvalue weighted by Crippen LogP contribution is 2.22. The van der Waals surface area contributed by atoms with Crippen LogP contribution in [0, 0.1) is 0 Å². The Morgan fingerprint density at radius 1 is 1.44 bits per heavy atom. The van der Waals surface area contributed by atoms with Crippen molar-refractivity contribution in [2.75, 3.05) is 13.6 Å². The van der Waals surface area contributed by atoms with Crippen LogP contribution in [0.5, 0.6) is 0 Å². The fourth-order valence-corrected chi connectivity index (χ4v) is 2.59. The molecule has 0 spiro atoms. The van der Waals surface area contributed by atoms with Gasteiger partial charge in [0.15, 0.2) is 0 Å². The minimum absolute atomic E-state index is 0.144. The van der Waals surface area contributed by atoms with Crippen LogP contribution >= 0.6 is 11.6 Å². The Balaban J connectivity index is 3.24. The minimum atomic E-state index is -3.47. The van der Waals surface area contributed by atoms with Gasteiger partial charge >= 0.3 is 0 Å². The van der Waals surface area contributed by atoms with Crippen LogP contribution in [-0.2, 0) is 16.6 Å². The number of halogens is 1. The monoisotopic (exact) mass is 263 g/mol. The molecule has 0 heterocycles. The smallest absolute Gasteiger partial charge is 0.242 e. The Morgan fingerprint density at radius 2 is 2.06 bits per heavy atom. The molecule has 0 aromatic heterocycles. The summed E-state index contributed by atoms with van der Waals surface area (Å²) in [5, 5.41) is 9.37. The fraction of sp³-hybridized carbons (Fsp3) is 0.400. The van der Waals surface area contributed by atoms with Gasteiger partial charge in [-0.05, 0) is 23.8 Å². The standard InChI is InChI=1S/C10H14ClNO3S/c1-3-12(2)16(14,15)9-4-5-10(11)8(6-9)7-13/h4-6,13H,3,7H2,1-2H3. The third-order valence-electron chi connectivity index (χ3n) is 2.34. The lowest BCUT2D eigenvalue weighted by Gasteiger charge is -2.15. The van der Waals surface area contributed by atoms with Gasteiger partial charge in [-0.1, -0.05) is 18.5 Å². The maximum Gasteiger partial charge on any atom is 0.242 e. The summed E-state index contributed by atoms with van der Waals surface area (Å²) in [6.07, 6.45) is 0. The van der Waals surface area contributed by atoms with E-state index in [2.05, 4.69) is 0 Å². The molecule has 0 aliphatic rings. The van der Waals surface area contributed by atoms with Gasteiger partial charge in [-0.15, -0.1) is 0 Å². The van der Waals surface area contributed by atoms with Gasteiger partial charge in [0.05, 0.1) is 11.5 Å². The number of rotatable bonds is 4. The van der Waals surface area contributed by atoms with Gasteiger partial charge in [-0.2, -0.15) is 0 Å². The van der Waals surface area contributed by atoms with Crippen molar-refractivity contribution in [2.24, 2.45) is 0 Å². The van der Waals surface area contributed by atoms with Crippen LogP contribution in [0.25, 0.3) is 0 Å². The van der Waals surface area contributed by atoms with E-state index in [0.29, 0.717) is 17.1 Å². The summed E-state index contributed by atoms with van der Waals surface area (Å²) in [7, 11) is -1.97. The Hall–Kier alpha value is -0.620. The van der Waals surface area contributed by atoms with Crippen LogP contribution in [0.3, 0.4) is 0 Å². The molecule has 0 radical (unpaired) electrons. The summed E-state index contributed by atoms with van der Waals surface area (Å²) in [4.78, 5) is 0.144. The van der Waals surface area contributed by atoms with Crippen molar-refractivity contribution in [3.63, 3.8) is 0 Å². The van der Waals surface area contributed by atoms with E-state index >= 15 is 0 Å². The van der Waals surface area contributed by atoms with Crippen molar-refractivity contribution in [2.45, 2.75) is 18.4 Å². The van der Waals surface area contributed by atoms with Gasteiger partial charge in [0.1, 0.15) is 0 Å². The number of hydrogen-bond acceptors (Lipinski definition) is 3. The van der Waals surface area contributed by atoms with E-state index in [-0.39, 0.29) is 11.5 Å². The topological polar surface area (TPSA) is 57.6 Å². The predicted octanol–water partition coefficient (Wildman–Crippen LogP) is 1.47. The molecule has 0 atom stereocenters. The van der Waals surface area contributed by atoms with Crippen LogP contribution in [0.1, 0.15) is 12.5 Å². The summed E-state index contributed by atoms with van der Waals surface area (Å²) in [6, 6.07) is 4.30. The van der Waals surface area contributed by atoms with Crippen LogP contribution in [-0.4, -0.2) is 31.4 Å². The van der Waals surface area contributed by atoms with Crippen molar-refractivity contribution in [3.8, 4) is 0 Å². The molecule has 0 fully saturated rings. The van der Waals surface area contributed by atoms with Crippen LogP contribution in [0.15, 0.2) is 23.1 Å². The molecule has 0 saturated carbocycles. The van der Waals surface area contributed by atoms with E-state index in [9.17, 15) is 8.42 Å². The number of nitrogens with zero attached hydrogens (tertiary/aromatic N) is 1. The molecule has 1 rings (SSSR count). The summed E-state index contributed by atoms with van der Waals surface area (Å²) in [5.41, 5.74) is 0.409. The largest absolute Gasteiger partial charge is 0.392 e. The molecule has 0 bridgehead atoms. The Morgan fingerprint density at radius 3 is 2.56 bits per heavy atom. The molecule has 6 heteroatoms. The first-order valence-corrected chi connectivity index (χ1v) is 6.61. The third kappa shape index (κ3) is 2.55. The first kappa shape index (κ1) is 13.4. The molecule has 0 aliphatic carbocycles. The van der Waals surface area contributed by atoms with Gasteiger partial charge in [-0.3, -0.25) is 0 Å². The van der Waals surface area contributed by atoms with Crippen molar-refractivity contribution in [3.05, 3.63) is 28.8 Å². The lowest BCUT2D eigenvalue weighted by molar-refractivity contribution is 0.281. The Kier molecular flexibility index (Phi) is 4.32. The Labute approximate surface area is 101 Å². The highest BCUT2D eigenvalue weighted by Gasteiger charge is 2.19. The highest BCUT2D eigenvalue weighted by molar-refractivity contribution is 7.89. The molecule has 0 unspecified atom stereocenters. The molecule has 0 aliphatic heterocycles. The molecular formula is C10H14ClNO3S. The molecule has 16 heavy (non-hydrogen) atoms. The SMILES string of the molecule is CCN(C)S(=O)(=O)c1ccc(Cl)c(CO)c1. The number of hydrogen-bond donors (Lipinski definition) is 1. The van der Waals surface area contributed by atoms with E-state index in [1.54, 1.807) is 6.92 Å². The summed E-state index contributed by atoms with van der Waals surface area (Å²) in [6.45, 7) is 1.86. The second kappa shape index (κ2) is 5.14. The van der Waals surface area contributed by atoms with Crippen molar-refractivity contribution in [1.82, 2.24) is 4.31 Å². The molecule has 1 N–H and O–H groups in total. The number of benzene rings is 1. The minimum Gasteiger partial charge on any atom is -0.392 e. The normalized spacial score (nSPS) is 12.1. The summed E-state index contributed by atoms with van der Waals surface area (Å²) >= 11 is 5.79. The molecule has 4 nitrogen and oxygen atoms in total. The molecule has 0 saturated heterocycles. The quantitative estimate of drug-likeness (QED) is 0.895. The van der Waals surface area contributed by atoms with Gasteiger partial charge in [0.25, 0.3) is 0 Å². The second-order valence-corrected chi connectivity index (χ2v) is 5.78. The van der Waals surface area contributed by atoms with E-state index in [1.807, 2.05) is 0 Å². The van der Waals surface area contributed by atoms with E-state index in [0.717, 1.165) is 0 Å². The van der Waals surface area contributed by atoms with Crippen LogP contribution in [0.4, 0.5) is 0 Å². The highest BCUT2D eigenvalue weighted by atomic mass is 35.5. The number of sulfonamides is 1. The van der Waals surface area contributed by atoms with Crippen molar-refractivity contribution < 1.29 is 13.5 Å². The van der Waals surface area contributed by atoms with E-state index < -0.39 is 10.0 Å². The maximum absolute atomic E-state index is 11.9. The second-order valence-electron chi connectivity index (χ2n) is 3.33. The average Bonchev–Trinajstić information content (AvgIpc) is 2.28. The van der Waals surface area contributed by atoms with Gasteiger partial charge < -0.3 is 5.11 Å².